The number of hydrogen-bond donors (Lipinski definition) is 1. The number of nitrogens with one attached hydrogen (secondary N) is 1. The summed E-state index contributed by atoms with van der Waals surface area (Å²) in [6, 6.07) is 0. The lowest BCUT2D eigenvalue weighted by molar-refractivity contribution is -0.0244. The van der Waals surface area contributed by atoms with E-state index in [4.69, 9.17) is 4.74 Å². The van der Waals surface area contributed by atoms with Gasteiger partial charge >= 0.3 is 0 Å². The summed E-state index contributed by atoms with van der Waals surface area (Å²) in [5.74, 6) is 0. The van der Waals surface area contributed by atoms with Crippen molar-refractivity contribution < 1.29 is 4.74 Å². The number of hydrogen-bond acceptors (Lipinski definition) is 2. The van der Waals surface area contributed by atoms with Crippen LogP contribution in [0.15, 0.2) is 0 Å². The molecule has 1 aliphatic rings. The van der Waals surface area contributed by atoms with Gasteiger partial charge in [0.05, 0.1) is 5.60 Å². The summed E-state index contributed by atoms with van der Waals surface area (Å²) in [5.41, 5.74) is 0.680. The van der Waals surface area contributed by atoms with Gasteiger partial charge in [0.25, 0.3) is 0 Å². The van der Waals surface area contributed by atoms with Crippen LogP contribution in [-0.2, 0) is 4.74 Å². The molecule has 1 fully saturated rings. The second-order valence-corrected chi connectivity index (χ2v) is 8.38. The van der Waals surface area contributed by atoms with E-state index in [1.165, 1.54) is 38.5 Å². The minimum Gasteiger partial charge on any atom is -0.376 e. The molecule has 0 atom stereocenters. The second kappa shape index (κ2) is 6.58. The molecule has 19 heavy (non-hydrogen) atoms. The Morgan fingerprint density at radius 1 is 0.947 bits per heavy atom. The molecule has 0 saturated heterocycles. The van der Waals surface area contributed by atoms with Crippen LogP contribution in [0.2, 0.25) is 0 Å². The Balaban J connectivity index is 2.50. The molecular formula is C17H35NO. The van der Waals surface area contributed by atoms with Crippen molar-refractivity contribution in [3.8, 4) is 0 Å². The number of rotatable bonds is 5. The fraction of sp³-hybridized carbons (Fsp3) is 1.00. The molecule has 0 radical (unpaired) electrons. The summed E-state index contributed by atoms with van der Waals surface area (Å²) >= 11 is 0. The fourth-order valence-electron chi connectivity index (χ4n) is 2.84. The first-order valence-electron chi connectivity index (χ1n) is 8.01. The van der Waals surface area contributed by atoms with Gasteiger partial charge in [-0.25, -0.2) is 0 Å². The lowest BCUT2D eigenvalue weighted by Crippen LogP contribution is -2.45. The molecule has 0 aliphatic heterocycles. The highest BCUT2D eigenvalue weighted by molar-refractivity contribution is 4.87. The molecule has 2 nitrogen and oxygen atoms in total. The van der Waals surface area contributed by atoms with Crippen LogP contribution in [0, 0.1) is 5.41 Å². The molecule has 1 saturated carbocycles. The summed E-state index contributed by atoms with van der Waals surface area (Å²) in [5, 5.41) is 3.72. The summed E-state index contributed by atoms with van der Waals surface area (Å²) in [7, 11) is 0. The fourth-order valence-corrected chi connectivity index (χ4v) is 2.84. The van der Waals surface area contributed by atoms with Crippen LogP contribution < -0.4 is 5.32 Å². The Morgan fingerprint density at radius 2 is 1.53 bits per heavy atom. The standard InChI is InChI=1S/C17H35NO/c1-15(2,3)18-14-17(10-8-7-9-11-17)12-13-19-16(4,5)6/h18H,7-14H2,1-6H3. The van der Waals surface area contributed by atoms with Gasteiger partial charge in [-0.05, 0) is 66.2 Å². The Hall–Kier alpha value is -0.0800. The van der Waals surface area contributed by atoms with E-state index in [0.717, 1.165) is 13.2 Å². The van der Waals surface area contributed by atoms with E-state index in [1.54, 1.807) is 0 Å². The van der Waals surface area contributed by atoms with Gasteiger partial charge in [-0.2, -0.15) is 0 Å². The van der Waals surface area contributed by atoms with Crippen LogP contribution in [0.3, 0.4) is 0 Å². The zero-order chi connectivity index (χ0) is 14.6. The van der Waals surface area contributed by atoms with Crippen molar-refractivity contribution >= 4 is 0 Å². The van der Waals surface area contributed by atoms with Gasteiger partial charge in [0, 0.05) is 18.7 Å². The molecule has 0 aromatic carbocycles. The molecule has 1 N–H and O–H groups in total. The Bertz CT molecular complexity index is 253. The largest absolute Gasteiger partial charge is 0.376 e. The SMILES string of the molecule is CC(C)(C)NCC1(CCOC(C)(C)C)CCCCC1. The first kappa shape index (κ1) is 17.0. The predicted octanol–water partition coefficient (Wildman–Crippen LogP) is 4.53. The van der Waals surface area contributed by atoms with Gasteiger partial charge in [0.2, 0.25) is 0 Å². The normalized spacial score (nSPS) is 20.5. The molecule has 2 heteroatoms. The molecule has 0 aromatic rings. The highest BCUT2D eigenvalue weighted by atomic mass is 16.5. The summed E-state index contributed by atoms with van der Waals surface area (Å²) in [6.45, 7) is 15.3. The molecule has 1 rings (SSSR count). The molecular weight excluding hydrogens is 234 g/mol. The molecule has 114 valence electrons. The first-order valence-corrected chi connectivity index (χ1v) is 8.01. The predicted molar refractivity (Wildman–Crippen MR) is 83.6 cm³/mol. The van der Waals surface area contributed by atoms with Crippen molar-refractivity contribution in [1.82, 2.24) is 5.32 Å². The highest BCUT2D eigenvalue weighted by Gasteiger charge is 2.33. The molecule has 0 amide bonds. The van der Waals surface area contributed by atoms with Crippen molar-refractivity contribution in [3.63, 3.8) is 0 Å². The summed E-state index contributed by atoms with van der Waals surface area (Å²) in [6.07, 6.45) is 8.13. The van der Waals surface area contributed by atoms with E-state index < -0.39 is 0 Å². The molecule has 0 heterocycles. The van der Waals surface area contributed by atoms with Crippen molar-refractivity contribution in [3.05, 3.63) is 0 Å². The van der Waals surface area contributed by atoms with E-state index in [1.807, 2.05) is 0 Å². The van der Waals surface area contributed by atoms with Crippen LogP contribution in [-0.4, -0.2) is 24.3 Å². The van der Waals surface area contributed by atoms with Crippen molar-refractivity contribution in [2.45, 2.75) is 91.2 Å². The molecule has 1 aliphatic carbocycles. The van der Waals surface area contributed by atoms with Gasteiger partial charge in [-0.3, -0.25) is 0 Å². The molecule has 0 unspecified atom stereocenters. The topological polar surface area (TPSA) is 21.3 Å². The average Bonchev–Trinajstić information content (AvgIpc) is 2.25. The summed E-state index contributed by atoms with van der Waals surface area (Å²) in [4.78, 5) is 0. The minimum atomic E-state index is -0.00663. The maximum absolute atomic E-state index is 5.96. The Morgan fingerprint density at radius 3 is 2.00 bits per heavy atom. The molecule has 0 aromatic heterocycles. The highest BCUT2D eigenvalue weighted by Crippen LogP contribution is 2.39. The lowest BCUT2D eigenvalue weighted by Gasteiger charge is -2.40. The van der Waals surface area contributed by atoms with Crippen LogP contribution in [0.1, 0.15) is 80.1 Å². The van der Waals surface area contributed by atoms with Gasteiger partial charge in [-0.15, -0.1) is 0 Å². The maximum atomic E-state index is 5.96. The van der Waals surface area contributed by atoms with Gasteiger partial charge < -0.3 is 10.1 Å². The van der Waals surface area contributed by atoms with Crippen LogP contribution >= 0.6 is 0 Å². The molecule has 0 spiro atoms. The van der Waals surface area contributed by atoms with Crippen LogP contribution in [0.25, 0.3) is 0 Å². The zero-order valence-corrected chi connectivity index (χ0v) is 14.1. The smallest absolute Gasteiger partial charge is 0.0598 e. The van der Waals surface area contributed by atoms with E-state index in [2.05, 4.69) is 46.9 Å². The third-order valence-electron chi connectivity index (χ3n) is 4.08. The van der Waals surface area contributed by atoms with E-state index >= 15 is 0 Å². The van der Waals surface area contributed by atoms with Gasteiger partial charge in [-0.1, -0.05) is 19.3 Å². The second-order valence-electron chi connectivity index (χ2n) is 8.38. The van der Waals surface area contributed by atoms with E-state index in [-0.39, 0.29) is 11.1 Å². The van der Waals surface area contributed by atoms with Crippen molar-refractivity contribution in [1.29, 1.82) is 0 Å². The quantitative estimate of drug-likeness (QED) is 0.791. The number of ether oxygens (including phenoxy) is 1. The zero-order valence-electron chi connectivity index (χ0n) is 14.1. The van der Waals surface area contributed by atoms with Gasteiger partial charge in [0.1, 0.15) is 0 Å². The third kappa shape index (κ3) is 7.31. The summed E-state index contributed by atoms with van der Waals surface area (Å²) < 4.78 is 5.96. The van der Waals surface area contributed by atoms with Crippen LogP contribution in [0.4, 0.5) is 0 Å². The Labute approximate surface area is 120 Å². The Kier molecular flexibility index (Phi) is 5.88. The minimum absolute atomic E-state index is 0.00663. The maximum Gasteiger partial charge on any atom is 0.0598 e. The first-order chi connectivity index (χ1) is 8.62. The van der Waals surface area contributed by atoms with Crippen LogP contribution in [0.5, 0.6) is 0 Å². The van der Waals surface area contributed by atoms with E-state index in [9.17, 15) is 0 Å². The van der Waals surface area contributed by atoms with Crippen molar-refractivity contribution in [2.24, 2.45) is 5.41 Å². The van der Waals surface area contributed by atoms with Crippen molar-refractivity contribution in [2.75, 3.05) is 13.2 Å². The monoisotopic (exact) mass is 269 g/mol. The van der Waals surface area contributed by atoms with Gasteiger partial charge in [0.15, 0.2) is 0 Å². The van der Waals surface area contributed by atoms with E-state index in [0.29, 0.717) is 5.41 Å². The lowest BCUT2D eigenvalue weighted by atomic mass is 9.71. The average molecular weight is 269 g/mol. The molecule has 0 bridgehead atoms. The third-order valence-corrected chi connectivity index (χ3v) is 4.08.